The normalized spacial score (nSPS) is 20.5. The van der Waals surface area contributed by atoms with Gasteiger partial charge >= 0.3 is 0 Å². The Morgan fingerprint density at radius 2 is 1.83 bits per heavy atom. The van der Waals surface area contributed by atoms with Gasteiger partial charge < -0.3 is 24.2 Å². The molecule has 4 rings (SSSR count). The molecule has 11 nitrogen and oxygen atoms in total. The molecular weight excluding hydrogens is 620 g/mol. The second kappa shape index (κ2) is 16.9. The summed E-state index contributed by atoms with van der Waals surface area (Å²) in [6, 6.07) is 14.2. The first-order chi connectivity index (χ1) is 22.5. The molecule has 1 aliphatic heterocycles. The number of carbonyl (C=O) groups is 1. The van der Waals surface area contributed by atoms with Crippen molar-refractivity contribution in [2.45, 2.75) is 69.7 Å². The molecule has 256 valence electrons. The molecule has 0 fully saturated rings. The third-order valence-corrected chi connectivity index (χ3v) is 9.76. The fourth-order valence-corrected chi connectivity index (χ4v) is 6.64. The number of hydrogen-bond donors (Lipinski definition) is 2. The SMILES string of the molecule is COc1ccc(S(=O)(=O)Nc2ccc3c(c2)C(=O)N([C@H](C)CO)C[C@H](C)[C@@H](CN(C)Cc2ccncc2)OCCCC[C@H](C)O3)cc1. The van der Waals surface area contributed by atoms with Crippen molar-refractivity contribution in [1.29, 1.82) is 0 Å². The summed E-state index contributed by atoms with van der Waals surface area (Å²) in [6.07, 6.45) is 5.68. The minimum Gasteiger partial charge on any atom is -0.497 e. The number of ether oxygens (including phenoxy) is 3. The summed E-state index contributed by atoms with van der Waals surface area (Å²) in [5, 5.41) is 10.2. The van der Waals surface area contributed by atoms with Crippen molar-refractivity contribution < 1.29 is 32.5 Å². The topological polar surface area (TPSA) is 131 Å². The van der Waals surface area contributed by atoms with E-state index in [2.05, 4.69) is 21.5 Å². The number of carbonyl (C=O) groups excluding carboxylic acids is 1. The monoisotopic (exact) mass is 668 g/mol. The number of methoxy groups -OCH3 is 1. The van der Waals surface area contributed by atoms with Gasteiger partial charge in [-0.2, -0.15) is 0 Å². The Balaban J connectivity index is 1.64. The van der Waals surface area contributed by atoms with Crippen LogP contribution in [-0.4, -0.2) is 92.9 Å². The highest BCUT2D eigenvalue weighted by Gasteiger charge is 2.30. The van der Waals surface area contributed by atoms with E-state index in [1.165, 1.54) is 25.3 Å². The van der Waals surface area contributed by atoms with Crippen molar-refractivity contribution in [1.82, 2.24) is 14.8 Å². The smallest absolute Gasteiger partial charge is 0.261 e. The number of hydrogen-bond acceptors (Lipinski definition) is 9. The maximum absolute atomic E-state index is 14.4. The largest absolute Gasteiger partial charge is 0.497 e. The predicted octanol–water partition coefficient (Wildman–Crippen LogP) is 4.82. The van der Waals surface area contributed by atoms with Gasteiger partial charge in [0.15, 0.2) is 0 Å². The van der Waals surface area contributed by atoms with Crippen LogP contribution in [0.2, 0.25) is 0 Å². The Hall–Kier alpha value is -3.71. The van der Waals surface area contributed by atoms with Gasteiger partial charge in [-0.05, 0) is 100 Å². The van der Waals surface area contributed by atoms with Gasteiger partial charge in [0.2, 0.25) is 0 Å². The Morgan fingerprint density at radius 1 is 1.11 bits per heavy atom. The van der Waals surface area contributed by atoms with Crippen molar-refractivity contribution in [3.63, 3.8) is 0 Å². The van der Waals surface area contributed by atoms with E-state index < -0.39 is 16.1 Å². The number of aromatic nitrogens is 1. The summed E-state index contributed by atoms with van der Waals surface area (Å²) in [6.45, 7) is 7.82. The van der Waals surface area contributed by atoms with Crippen molar-refractivity contribution in [3.8, 4) is 11.5 Å². The summed E-state index contributed by atoms with van der Waals surface area (Å²) in [5.74, 6) is 0.440. The number of sulfonamides is 1. The van der Waals surface area contributed by atoms with Crippen molar-refractivity contribution in [2.75, 3.05) is 45.2 Å². The van der Waals surface area contributed by atoms with E-state index in [-0.39, 0.29) is 46.8 Å². The standard InChI is InChI=1S/C35H48N4O7S/c1-25-21-39(26(2)24-40)35(41)32-20-29(37-47(42,43)31-12-10-30(44-5)11-13-31)9-14-33(32)46-27(3)8-6-7-19-45-34(25)23-38(4)22-28-15-17-36-18-16-28/h9-18,20,25-27,34,37,40H,6-8,19,21-24H2,1-5H3/t25-,26+,27-,34+/m0/s1. The average molecular weight is 669 g/mol. The lowest BCUT2D eigenvalue weighted by atomic mass is 10.0. The predicted molar refractivity (Wildman–Crippen MR) is 181 cm³/mol. The van der Waals surface area contributed by atoms with Crippen LogP contribution in [0.3, 0.4) is 0 Å². The third kappa shape index (κ3) is 10.1. The molecule has 0 radical (unpaired) electrons. The third-order valence-electron chi connectivity index (χ3n) is 8.37. The van der Waals surface area contributed by atoms with Crippen molar-refractivity contribution >= 4 is 21.6 Å². The highest BCUT2D eigenvalue weighted by atomic mass is 32.2. The number of nitrogens with zero attached hydrogens (tertiary/aromatic N) is 3. The molecule has 0 saturated carbocycles. The van der Waals surface area contributed by atoms with Crippen LogP contribution < -0.4 is 14.2 Å². The maximum atomic E-state index is 14.4. The average Bonchev–Trinajstić information content (AvgIpc) is 3.06. The van der Waals surface area contributed by atoms with E-state index in [1.807, 2.05) is 26.1 Å². The first kappa shape index (κ1) is 36.1. The van der Waals surface area contributed by atoms with Crippen molar-refractivity contribution in [2.24, 2.45) is 5.92 Å². The quantitative estimate of drug-likeness (QED) is 0.312. The Kier molecular flexibility index (Phi) is 13.0. The summed E-state index contributed by atoms with van der Waals surface area (Å²) in [5.41, 5.74) is 1.57. The lowest BCUT2D eigenvalue weighted by Gasteiger charge is -2.36. The molecular formula is C35H48N4O7S. The minimum absolute atomic E-state index is 0.0545. The molecule has 1 amide bonds. The maximum Gasteiger partial charge on any atom is 0.261 e. The second-order valence-electron chi connectivity index (χ2n) is 12.3. The van der Waals surface area contributed by atoms with Gasteiger partial charge in [-0.3, -0.25) is 19.4 Å². The zero-order chi connectivity index (χ0) is 34.0. The zero-order valence-electron chi connectivity index (χ0n) is 28.0. The molecule has 1 aliphatic rings. The molecule has 0 aliphatic carbocycles. The fourth-order valence-electron chi connectivity index (χ4n) is 5.59. The summed E-state index contributed by atoms with van der Waals surface area (Å²) in [7, 11) is -0.408. The number of aliphatic hydroxyl groups is 1. The second-order valence-corrected chi connectivity index (χ2v) is 14.0. The van der Waals surface area contributed by atoms with E-state index in [0.717, 1.165) is 31.4 Å². The molecule has 2 aromatic carbocycles. The highest BCUT2D eigenvalue weighted by molar-refractivity contribution is 7.92. The van der Waals surface area contributed by atoms with E-state index in [4.69, 9.17) is 14.2 Å². The van der Waals surface area contributed by atoms with Crippen LogP contribution in [-0.2, 0) is 21.3 Å². The van der Waals surface area contributed by atoms with E-state index in [9.17, 15) is 18.3 Å². The molecule has 0 spiro atoms. The molecule has 0 saturated heterocycles. The molecule has 47 heavy (non-hydrogen) atoms. The highest BCUT2D eigenvalue weighted by Crippen LogP contribution is 2.30. The molecule has 4 atom stereocenters. The van der Waals surface area contributed by atoms with Crippen LogP contribution in [0, 0.1) is 5.92 Å². The van der Waals surface area contributed by atoms with Crippen LogP contribution in [0.1, 0.15) is 56.0 Å². The van der Waals surface area contributed by atoms with Crippen LogP contribution in [0.4, 0.5) is 5.69 Å². The number of aliphatic hydroxyl groups excluding tert-OH is 1. The Morgan fingerprint density at radius 3 is 2.51 bits per heavy atom. The molecule has 1 aromatic heterocycles. The molecule has 2 heterocycles. The van der Waals surface area contributed by atoms with Gasteiger partial charge in [-0.25, -0.2) is 8.42 Å². The van der Waals surface area contributed by atoms with Gasteiger partial charge in [0.05, 0.1) is 42.4 Å². The first-order valence-electron chi connectivity index (χ1n) is 16.1. The summed E-state index contributed by atoms with van der Waals surface area (Å²) in [4.78, 5) is 22.4. The van der Waals surface area contributed by atoms with E-state index in [0.29, 0.717) is 31.2 Å². The molecule has 2 N–H and O–H groups in total. The molecule has 0 bridgehead atoms. The number of nitrogens with one attached hydrogen (secondary N) is 1. The molecule has 3 aromatic rings. The number of likely N-dealkylation sites (N-methyl/N-ethyl adjacent to an activating group) is 1. The van der Waals surface area contributed by atoms with Crippen LogP contribution in [0.25, 0.3) is 0 Å². The lowest BCUT2D eigenvalue weighted by molar-refractivity contribution is -0.0177. The number of fused-ring (bicyclic) bond motifs is 1. The number of pyridine rings is 1. The van der Waals surface area contributed by atoms with Gasteiger partial charge in [-0.1, -0.05) is 6.92 Å². The Labute approximate surface area is 278 Å². The summed E-state index contributed by atoms with van der Waals surface area (Å²) < 4.78 is 47.0. The molecule has 0 unspecified atom stereocenters. The van der Waals surface area contributed by atoms with Crippen LogP contribution in [0.5, 0.6) is 11.5 Å². The van der Waals surface area contributed by atoms with Gasteiger partial charge in [-0.15, -0.1) is 0 Å². The minimum atomic E-state index is -3.96. The zero-order valence-corrected chi connectivity index (χ0v) is 28.8. The number of rotatable bonds is 10. The number of benzene rings is 2. The number of amides is 1. The fraction of sp³-hybridized carbons (Fsp3) is 0.486. The lowest BCUT2D eigenvalue weighted by Crippen LogP contribution is -2.47. The first-order valence-corrected chi connectivity index (χ1v) is 17.6. The van der Waals surface area contributed by atoms with Crippen LogP contribution in [0.15, 0.2) is 71.9 Å². The van der Waals surface area contributed by atoms with Gasteiger partial charge in [0.25, 0.3) is 15.9 Å². The van der Waals surface area contributed by atoms with Crippen LogP contribution >= 0.6 is 0 Å². The van der Waals surface area contributed by atoms with Gasteiger partial charge in [0.1, 0.15) is 11.5 Å². The van der Waals surface area contributed by atoms with E-state index >= 15 is 0 Å². The summed E-state index contributed by atoms with van der Waals surface area (Å²) >= 11 is 0. The molecule has 12 heteroatoms. The number of anilines is 1. The van der Waals surface area contributed by atoms with E-state index in [1.54, 1.807) is 48.5 Å². The van der Waals surface area contributed by atoms with Gasteiger partial charge in [0, 0.05) is 50.2 Å². The van der Waals surface area contributed by atoms with Crippen molar-refractivity contribution in [3.05, 3.63) is 78.1 Å². The Bertz CT molecular complexity index is 1540.